The lowest BCUT2D eigenvalue weighted by molar-refractivity contribution is -0.122. The van der Waals surface area contributed by atoms with E-state index in [4.69, 9.17) is 5.73 Å². The van der Waals surface area contributed by atoms with Gasteiger partial charge in [0.1, 0.15) is 0 Å². The second-order valence-electron chi connectivity index (χ2n) is 5.36. The van der Waals surface area contributed by atoms with E-state index in [2.05, 4.69) is 12.2 Å². The molecular formula is C12H23N3O3. The van der Waals surface area contributed by atoms with Crippen molar-refractivity contribution in [2.45, 2.75) is 51.2 Å². The van der Waals surface area contributed by atoms with Crippen molar-refractivity contribution in [1.29, 1.82) is 0 Å². The Balaban J connectivity index is 2.35. The summed E-state index contributed by atoms with van der Waals surface area (Å²) in [6, 6.07) is -1.42. The molecule has 1 aliphatic rings. The first kappa shape index (κ1) is 14.9. The van der Waals surface area contributed by atoms with Crippen molar-refractivity contribution in [3.63, 3.8) is 0 Å². The van der Waals surface area contributed by atoms with Gasteiger partial charge in [0.2, 0.25) is 5.91 Å². The maximum Gasteiger partial charge on any atom is 0.318 e. The molecule has 1 rings (SSSR count). The molecule has 0 aromatic rings. The lowest BCUT2D eigenvalue weighted by atomic mass is 9.79. The van der Waals surface area contributed by atoms with Crippen molar-refractivity contribution >= 4 is 11.9 Å². The summed E-state index contributed by atoms with van der Waals surface area (Å²) in [7, 11) is 0. The van der Waals surface area contributed by atoms with Gasteiger partial charge < -0.3 is 16.2 Å². The van der Waals surface area contributed by atoms with Gasteiger partial charge in [-0.15, -0.1) is 0 Å². The molecular weight excluding hydrogens is 234 g/mol. The number of primary amides is 1. The van der Waals surface area contributed by atoms with Crippen LogP contribution in [0.4, 0.5) is 4.79 Å². The minimum absolute atomic E-state index is 0.354. The molecule has 104 valence electrons. The molecule has 3 amide bonds. The molecule has 0 spiro atoms. The van der Waals surface area contributed by atoms with Crippen LogP contribution in [0.15, 0.2) is 0 Å². The summed E-state index contributed by atoms with van der Waals surface area (Å²) in [6.45, 7) is 4.16. The van der Waals surface area contributed by atoms with Gasteiger partial charge in [-0.1, -0.05) is 6.92 Å². The molecule has 6 heteroatoms. The summed E-state index contributed by atoms with van der Waals surface area (Å²) in [4.78, 5) is 22.0. The number of amides is 3. The van der Waals surface area contributed by atoms with Crippen LogP contribution in [0.1, 0.15) is 39.5 Å². The maximum absolute atomic E-state index is 11.4. The fourth-order valence-corrected chi connectivity index (χ4v) is 2.14. The highest BCUT2D eigenvalue weighted by Crippen LogP contribution is 2.31. The Hall–Kier alpha value is -1.14. The summed E-state index contributed by atoms with van der Waals surface area (Å²) in [5.41, 5.74) is 4.12. The Bertz CT molecular complexity index is 312. The van der Waals surface area contributed by atoms with Crippen LogP contribution in [0.3, 0.4) is 0 Å². The Labute approximate surface area is 107 Å². The number of imide groups is 1. The second kappa shape index (κ2) is 6.15. The Morgan fingerprint density at radius 2 is 2.00 bits per heavy atom. The van der Waals surface area contributed by atoms with Crippen molar-refractivity contribution in [2.24, 2.45) is 11.7 Å². The van der Waals surface area contributed by atoms with Crippen molar-refractivity contribution in [2.75, 3.05) is 6.54 Å². The highest BCUT2D eigenvalue weighted by Gasteiger charge is 2.32. The molecule has 5 N–H and O–H groups in total. The van der Waals surface area contributed by atoms with Crippen LogP contribution in [-0.2, 0) is 4.79 Å². The van der Waals surface area contributed by atoms with E-state index in [1.165, 1.54) is 0 Å². The molecule has 0 radical (unpaired) electrons. The summed E-state index contributed by atoms with van der Waals surface area (Å²) in [5.74, 6) is 0.177. The number of aliphatic hydroxyl groups is 1. The predicted octanol–water partition coefficient (Wildman–Crippen LogP) is 0.101. The molecule has 6 nitrogen and oxygen atoms in total. The first-order valence-electron chi connectivity index (χ1n) is 6.38. The molecule has 0 heterocycles. The molecule has 0 saturated heterocycles. The monoisotopic (exact) mass is 257 g/mol. The van der Waals surface area contributed by atoms with Crippen LogP contribution in [0.2, 0.25) is 0 Å². The van der Waals surface area contributed by atoms with E-state index in [0.29, 0.717) is 12.5 Å². The third-order valence-electron chi connectivity index (χ3n) is 3.58. The van der Waals surface area contributed by atoms with Gasteiger partial charge in [-0.05, 0) is 38.5 Å². The van der Waals surface area contributed by atoms with Gasteiger partial charge >= 0.3 is 6.03 Å². The van der Waals surface area contributed by atoms with Gasteiger partial charge in [-0.25, -0.2) is 4.79 Å². The van der Waals surface area contributed by atoms with Gasteiger partial charge in [0.15, 0.2) is 0 Å². The average molecular weight is 257 g/mol. The van der Waals surface area contributed by atoms with Crippen molar-refractivity contribution in [3.8, 4) is 0 Å². The van der Waals surface area contributed by atoms with E-state index in [1.54, 1.807) is 6.92 Å². The molecule has 18 heavy (non-hydrogen) atoms. The molecule has 1 saturated carbocycles. The summed E-state index contributed by atoms with van der Waals surface area (Å²) in [5, 5.41) is 15.3. The number of rotatable bonds is 4. The van der Waals surface area contributed by atoms with E-state index in [1.807, 2.05) is 5.32 Å². The summed E-state index contributed by atoms with van der Waals surface area (Å²) in [6.07, 6.45) is 3.48. The number of hydrogen-bond acceptors (Lipinski definition) is 4. The first-order valence-corrected chi connectivity index (χ1v) is 6.38. The van der Waals surface area contributed by atoms with E-state index >= 15 is 0 Å². The number of carbonyl (C=O) groups is 2. The lowest BCUT2D eigenvalue weighted by Gasteiger charge is -2.35. The van der Waals surface area contributed by atoms with E-state index in [0.717, 1.165) is 25.7 Å². The SMILES string of the molecule is CC1CCC(O)(CNC(C)C(=O)NC(N)=O)CC1. The van der Waals surface area contributed by atoms with Gasteiger partial charge in [-0.3, -0.25) is 10.1 Å². The number of urea groups is 1. The fraction of sp³-hybridized carbons (Fsp3) is 0.833. The summed E-state index contributed by atoms with van der Waals surface area (Å²) < 4.78 is 0. The molecule has 1 aliphatic carbocycles. The number of nitrogens with one attached hydrogen (secondary N) is 2. The zero-order chi connectivity index (χ0) is 13.8. The second-order valence-corrected chi connectivity index (χ2v) is 5.36. The van der Waals surface area contributed by atoms with E-state index in [-0.39, 0.29) is 0 Å². The van der Waals surface area contributed by atoms with Crippen molar-refractivity contribution in [1.82, 2.24) is 10.6 Å². The van der Waals surface area contributed by atoms with Crippen molar-refractivity contribution in [3.05, 3.63) is 0 Å². The van der Waals surface area contributed by atoms with E-state index < -0.39 is 23.6 Å². The Morgan fingerprint density at radius 1 is 1.44 bits per heavy atom. The number of nitrogens with two attached hydrogens (primary N) is 1. The highest BCUT2D eigenvalue weighted by molar-refractivity contribution is 5.96. The van der Waals surface area contributed by atoms with Crippen molar-refractivity contribution < 1.29 is 14.7 Å². The minimum atomic E-state index is -0.862. The van der Waals surface area contributed by atoms with Crippen LogP contribution in [0.5, 0.6) is 0 Å². The standard InChI is InChI=1S/C12H23N3O3/c1-8-3-5-12(18,6-4-8)7-14-9(2)10(16)15-11(13)17/h8-9,14,18H,3-7H2,1-2H3,(H3,13,15,16,17). The zero-order valence-corrected chi connectivity index (χ0v) is 11.0. The Kier molecular flexibility index (Phi) is 5.10. The quantitative estimate of drug-likeness (QED) is 0.573. The normalized spacial score (nSPS) is 29.6. The van der Waals surface area contributed by atoms with Crippen LogP contribution in [0.25, 0.3) is 0 Å². The van der Waals surface area contributed by atoms with Crippen LogP contribution < -0.4 is 16.4 Å². The van der Waals surface area contributed by atoms with Crippen LogP contribution >= 0.6 is 0 Å². The maximum atomic E-state index is 11.4. The molecule has 0 aromatic heterocycles. The fourth-order valence-electron chi connectivity index (χ4n) is 2.14. The van der Waals surface area contributed by atoms with Gasteiger partial charge in [-0.2, -0.15) is 0 Å². The van der Waals surface area contributed by atoms with E-state index in [9.17, 15) is 14.7 Å². The van der Waals surface area contributed by atoms with Gasteiger partial charge in [0.05, 0.1) is 11.6 Å². The molecule has 1 fully saturated rings. The minimum Gasteiger partial charge on any atom is -0.389 e. The lowest BCUT2D eigenvalue weighted by Crippen LogP contribution is -2.51. The third kappa shape index (κ3) is 4.62. The summed E-state index contributed by atoms with van der Waals surface area (Å²) >= 11 is 0. The topological polar surface area (TPSA) is 104 Å². The van der Waals surface area contributed by atoms with Crippen LogP contribution in [0, 0.1) is 5.92 Å². The molecule has 0 bridgehead atoms. The smallest absolute Gasteiger partial charge is 0.318 e. The number of carbonyl (C=O) groups excluding carboxylic acids is 2. The molecule has 0 aromatic carbocycles. The predicted molar refractivity (Wildman–Crippen MR) is 67.8 cm³/mol. The molecule has 1 unspecified atom stereocenters. The zero-order valence-electron chi connectivity index (χ0n) is 11.0. The molecule has 1 atom stereocenters. The third-order valence-corrected chi connectivity index (χ3v) is 3.58. The largest absolute Gasteiger partial charge is 0.389 e. The van der Waals surface area contributed by atoms with Gasteiger partial charge in [0, 0.05) is 6.54 Å². The average Bonchev–Trinajstić information content (AvgIpc) is 2.29. The first-order chi connectivity index (χ1) is 8.32. The van der Waals surface area contributed by atoms with Crippen LogP contribution in [-0.4, -0.2) is 35.2 Å². The Morgan fingerprint density at radius 3 is 2.50 bits per heavy atom. The van der Waals surface area contributed by atoms with Gasteiger partial charge in [0.25, 0.3) is 0 Å². The number of hydrogen-bond donors (Lipinski definition) is 4. The molecule has 0 aliphatic heterocycles. The highest BCUT2D eigenvalue weighted by atomic mass is 16.3.